The Morgan fingerprint density at radius 3 is 2.56 bits per heavy atom. The summed E-state index contributed by atoms with van der Waals surface area (Å²) in [7, 11) is 0. The molecule has 2 aromatic rings. The Labute approximate surface area is 146 Å². The first kappa shape index (κ1) is 18.6. The van der Waals surface area contributed by atoms with E-state index in [-0.39, 0.29) is 24.1 Å². The Morgan fingerprint density at radius 1 is 1.16 bits per heavy atom. The van der Waals surface area contributed by atoms with Gasteiger partial charge in [-0.25, -0.2) is 4.39 Å². The van der Waals surface area contributed by atoms with Crippen LogP contribution in [0.3, 0.4) is 0 Å². The number of carbonyl (C=O) groups is 2. The predicted molar refractivity (Wildman–Crippen MR) is 93.1 cm³/mol. The lowest BCUT2D eigenvalue weighted by Crippen LogP contribution is -2.34. The first-order valence-corrected chi connectivity index (χ1v) is 8.20. The van der Waals surface area contributed by atoms with Crippen LogP contribution in [0, 0.1) is 5.82 Å². The van der Waals surface area contributed by atoms with Crippen LogP contribution in [0.5, 0.6) is 0 Å². The zero-order chi connectivity index (χ0) is 18.1. The largest absolute Gasteiger partial charge is 0.356 e. The lowest BCUT2D eigenvalue weighted by molar-refractivity contribution is -0.130. The predicted octanol–water partition coefficient (Wildman–Crippen LogP) is 2.32. The third-order valence-electron chi connectivity index (χ3n) is 3.80. The van der Waals surface area contributed by atoms with Gasteiger partial charge in [-0.05, 0) is 35.7 Å². The van der Waals surface area contributed by atoms with E-state index in [4.69, 9.17) is 0 Å². The number of benzene rings is 1. The van der Waals surface area contributed by atoms with Crippen molar-refractivity contribution in [2.75, 3.05) is 13.1 Å². The van der Waals surface area contributed by atoms with Crippen LogP contribution in [0.1, 0.15) is 24.5 Å². The van der Waals surface area contributed by atoms with Gasteiger partial charge in [0.15, 0.2) is 0 Å². The van der Waals surface area contributed by atoms with Crippen molar-refractivity contribution >= 4 is 11.8 Å². The average Bonchev–Trinajstić information content (AvgIpc) is 2.61. The molecule has 132 valence electrons. The van der Waals surface area contributed by atoms with Crippen molar-refractivity contribution in [1.82, 2.24) is 15.2 Å². The summed E-state index contributed by atoms with van der Waals surface area (Å²) < 4.78 is 12.8. The number of hydrogen-bond donors (Lipinski definition) is 1. The molecule has 0 aliphatic rings. The van der Waals surface area contributed by atoms with Crippen LogP contribution in [0.25, 0.3) is 0 Å². The second kappa shape index (κ2) is 9.52. The minimum absolute atomic E-state index is 0.0806. The molecule has 0 aliphatic carbocycles. The number of hydrogen-bond acceptors (Lipinski definition) is 3. The van der Waals surface area contributed by atoms with Crippen LogP contribution < -0.4 is 5.32 Å². The maximum absolute atomic E-state index is 12.8. The van der Waals surface area contributed by atoms with Gasteiger partial charge in [-0.2, -0.15) is 0 Å². The molecule has 6 heteroatoms. The Hall–Kier alpha value is -2.76. The highest BCUT2D eigenvalue weighted by molar-refractivity contribution is 5.78. The van der Waals surface area contributed by atoms with Crippen molar-refractivity contribution in [3.8, 4) is 0 Å². The lowest BCUT2D eigenvalue weighted by Gasteiger charge is -2.20. The molecule has 0 saturated heterocycles. The maximum Gasteiger partial charge on any atom is 0.221 e. The molecule has 1 N–H and O–H groups in total. The zero-order valence-corrected chi connectivity index (χ0v) is 14.2. The van der Waals surface area contributed by atoms with Crippen molar-refractivity contribution in [1.29, 1.82) is 0 Å². The number of aromatic nitrogens is 1. The maximum atomic E-state index is 12.8. The second-order valence-electron chi connectivity index (χ2n) is 5.78. The van der Waals surface area contributed by atoms with Gasteiger partial charge in [0.2, 0.25) is 11.8 Å². The molecule has 25 heavy (non-hydrogen) atoms. The van der Waals surface area contributed by atoms with E-state index in [1.54, 1.807) is 29.4 Å². The second-order valence-corrected chi connectivity index (χ2v) is 5.78. The standard InChI is InChI=1S/C19H22FN3O2/c1-15(24)23(14-17-3-2-10-21-13-17)12-9-19(25)22-11-8-16-4-6-18(20)7-5-16/h2-7,10,13H,8-9,11-12,14H2,1H3,(H,22,25). The molecule has 2 amide bonds. The molecular formula is C19H22FN3O2. The van der Waals surface area contributed by atoms with E-state index in [1.165, 1.54) is 19.1 Å². The average molecular weight is 343 g/mol. The quantitative estimate of drug-likeness (QED) is 0.800. The number of carbonyl (C=O) groups excluding carboxylic acids is 2. The van der Waals surface area contributed by atoms with Crippen molar-refractivity contribution in [2.45, 2.75) is 26.3 Å². The van der Waals surface area contributed by atoms with Gasteiger partial charge < -0.3 is 10.2 Å². The van der Waals surface area contributed by atoms with Gasteiger partial charge in [-0.3, -0.25) is 14.6 Å². The molecule has 0 bridgehead atoms. The van der Waals surface area contributed by atoms with E-state index in [0.29, 0.717) is 26.1 Å². The summed E-state index contributed by atoms with van der Waals surface area (Å²) in [5.74, 6) is -0.465. The number of nitrogens with one attached hydrogen (secondary N) is 1. The van der Waals surface area contributed by atoms with E-state index < -0.39 is 0 Å². The van der Waals surface area contributed by atoms with Crippen LogP contribution in [0.2, 0.25) is 0 Å². The van der Waals surface area contributed by atoms with Crippen LogP contribution in [0.4, 0.5) is 4.39 Å². The van der Waals surface area contributed by atoms with Crippen LogP contribution in [0.15, 0.2) is 48.8 Å². The molecule has 1 aromatic heterocycles. The lowest BCUT2D eigenvalue weighted by atomic mass is 10.1. The minimum atomic E-state index is -0.272. The van der Waals surface area contributed by atoms with Gasteiger partial charge in [-0.1, -0.05) is 18.2 Å². The van der Waals surface area contributed by atoms with E-state index in [1.807, 2.05) is 12.1 Å². The Balaban J connectivity index is 1.73. The van der Waals surface area contributed by atoms with Crippen LogP contribution >= 0.6 is 0 Å². The summed E-state index contributed by atoms with van der Waals surface area (Å²) in [5, 5.41) is 2.82. The number of amides is 2. The molecule has 0 saturated carbocycles. The summed E-state index contributed by atoms with van der Waals surface area (Å²) in [6, 6.07) is 9.92. The Kier molecular flexibility index (Phi) is 7.07. The highest BCUT2D eigenvalue weighted by Crippen LogP contribution is 2.05. The van der Waals surface area contributed by atoms with Gasteiger partial charge in [0, 0.05) is 45.4 Å². The number of nitrogens with zero attached hydrogens (tertiary/aromatic N) is 2. The molecule has 0 atom stereocenters. The first-order valence-electron chi connectivity index (χ1n) is 8.20. The van der Waals surface area contributed by atoms with Crippen molar-refractivity contribution in [3.05, 3.63) is 65.7 Å². The molecule has 0 radical (unpaired) electrons. The molecule has 2 rings (SSSR count). The SMILES string of the molecule is CC(=O)N(CCC(=O)NCCc1ccc(F)cc1)Cc1cccnc1. The molecule has 5 nitrogen and oxygen atoms in total. The van der Waals surface area contributed by atoms with E-state index >= 15 is 0 Å². The fourth-order valence-corrected chi connectivity index (χ4v) is 2.38. The highest BCUT2D eigenvalue weighted by Gasteiger charge is 2.11. The molecular weight excluding hydrogens is 321 g/mol. The van der Waals surface area contributed by atoms with E-state index in [2.05, 4.69) is 10.3 Å². The summed E-state index contributed by atoms with van der Waals surface area (Å²) in [4.78, 5) is 29.3. The van der Waals surface area contributed by atoms with E-state index in [9.17, 15) is 14.0 Å². The molecule has 0 fully saturated rings. The van der Waals surface area contributed by atoms with E-state index in [0.717, 1.165) is 11.1 Å². The third kappa shape index (κ3) is 6.71. The highest BCUT2D eigenvalue weighted by atomic mass is 19.1. The summed E-state index contributed by atoms with van der Waals surface area (Å²) in [6.07, 6.45) is 4.26. The van der Waals surface area contributed by atoms with Gasteiger partial charge in [0.1, 0.15) is 5.82 Å². The van der Waals surface area contributed by atoms with Crippen molar-refractivity contribution < 1.29 is 14.0 Å². The third-order valence-corrected chi connectivity index (χ3v) is 3.80. The minimum Gasteiger partial charge on any atom is -0.356 e. The van der Waals surface area contributed by atoms with Crippen LogP contribution in [-0.4, -0.2) is 34.8 Å². The topological polar surface area (TPSA) is 62.3 Å². The normalized spacial score (nSPS) is 10.3. The number of halogens is 1. The van der Waals surface area contributed by atoms with Crippen molar-refractivity contribution in [2.24, 2.45) is 0 Å². The molecule has 0 aliphatic heterocycles. The molecule has 0 spiro atoms. The fourth-order valence-electron chi connectivity index (χ4n) is 2.38. The number of pyridine rings is 1. The van der Waals surface area contributed by atoms with Crippen molar-refractivity contribution in [3.63, 3.8) is 0 Å². The Morgan fingerprint density at radius 2 is 1.92 bits per heavy atom. The summed E-state index contributed by atoms with van der Waals surface area (Å²) >= 11 is 0. The first-order chi connectivity index (χ1) is 12.0. The monoisotopic (exact) mass is 343 g/mol. The van der Waals surface area contributed by atoms with Gasteiger partial charge >= 0.3 is 0 Å². The Bertz CT molecular complexity index is 690. The van der Waals surface area contributed by atoms with Gasteiger partial charge in [0.05, 0.1) is 0 Å². The van der Waals surface area contributed by atoms with Crippen LogP contribution in [-0.2, 0) is 22.6 Å². The molecule has 0 unspecified atom stereocenters. The smallest absolute Gasteiger partial charge is 0.221 e. The summed E-state index contributed by atoms with van der Waals surface area (Å²) in [6.45, 7) is 2.76. The summed E-state index contributed by atoms with van der Waals surface area (Å²) in [5.41, 5.74) is 1.89. The van der Waals surface area contributed by atoms with Gasteiger partial charge in [-0.15, -0.1) is 0 Å². The zero-order valence-electron chi connectivity index (χ0n) is 14.2. The number of rotatable bonds is 8. The molecule has 1 aromatic carbocycles. The van der Waals surface area contributed by atoms with Gasteiger partial charge in [0.25, 0.3) is 0 Å². The fraction of sp³-hybridized carbons (Fsp3) is 0.316. The molecule has 1 heterocycles.